The third-order valence-corrected chi connectivity index (χ3v) is 5.70. The van der Waals surface area contributed by atoms with Crippen LogP contribution in [0.2, 0.25) is 5.02 Å². The maximum atomic E-state index is 13.3. The van der Waals surface area contributed by atoms with Crippen LogP contribution in [0.15, 0.2) is 46.9 Å². The van der Waals surface area contributed by atoms with Gasteiger partial charge in [0.15, 0.2) is 0 Å². The van der Waals surface area contributed by atoms with Gasteiger partial charge in [-0.1, -0.05) is 41.9 Å². The molecule has 2 nitrogen and oxygen atoms in total. The summed E-state index contributed by atoms with van der Waals surface area (Å²) >= 11 is 7.57. The highest BCUT2D eigenvalue weighted by molar-refractivity contribution is 7.98. The van der Waals surface area contributed by atoms with Crippen LogP contribution in [-0.4, -0.2) is 29.6 Å². The second-order valence-electron chi connectivity index (χ2n) is 6.22. The van der Waals surface area contributed by atoms with Gasteiger partial charge in [0.1, 0.15) is 11.7 Å². The molecule has 124 valence electrons. The maximum absolute atomic E-state index is 13.3. The van der Waals surface area contributed by atoms with Crippen molar-refractivity contribution >= 4 is 29.4 Å². The molecule has 1 fully saturated rings. The molecule has 2 aliphatic rings. The van der Waals surface area contributed by atoms with E-state index in [9.17, 15) is 4.39 Å². The summed E-state index contributed by atoms with van der Waals surface area (Å²) in [5, 5.41) is 0.160. The minimum Gasteiger partial charge on any atom is -0.358 e. The average molecular weight is 361 g/mol. The standard InChI is InChI=1S/C19H18ClFN2S/c20-17-12-15(7-8-18(17)21)13-3-5-14(6-4-13)16-2-1-9-23-10-11-24-22-19(16)23/h3-8,12,16H,1-2,9-11H2/t16-/m0/s1. The van der Waals surface area contributed by atoms with Gasteiger partial charge in [-0.3, -0.25) is 0 Å². The number of benzene rings is 2. The molecule has 0 radical (unpaired) electrons. The molecule has 0 bridgehead atoms. The average Bonchev–Trinajstić information content (AvgIpc) is 2.64. The number of hydrogen-bond acceptors (Lipinski definition) is 3. The summed E-state index contributed by atoms with van der Waals surface area (Å²) in [5.74, 6) is 2.32. The van der Waals surface area contributed by atoms with E-state index in [4.69, 9.17) is 16.0 Å². The van der Waals surface area contributed by atoms with Gasteiger partial charge in [-0.15, -0.1) is 0 Å². The summed E-state index contributed by atoms with van der Waals surface area (Å²) in [6.45, 7) is 2.23. The maximum Gasteiger partial charge on any atom is 0.141 e. The van der Waals surface area contributed by atoms with Crippen LogP contribution in [0, 0.1) is 5.82 Å². The van der Waals surface area contributed by atoms with Crippen molar-refractivity contribution in [3.63, 3.8) is 0 Å². The van der Waals surface area contributed by atoms with Gasteiger partial charge in [-0.25, -0.2) is 8.79 Å². The van der Waals surface area contributed by atoms with Crippen LogP contribution in [0.3, 0.4) is 0 Å². The summed E-state index contributed by atoms with van der Waals surface area (Å²) in [6.07, 6.45) is 2.36. The minimum atomic E-state index is -0.382. The molecule has 0 aliphatic carbocycles. The predicted molar refractivity (Wildman–Crippen MR) is 100 cm³/mol. The molecule has 1 saturated heterocycles. The number of amidine groups is 1. The molecule has 0 saturated carbocycles. The second kappa shape index (κ2) is 6.77. The van der Waals surface area contributed by atoms with Gasteiger partial charge in [-0.2, -0.15) is 0 Å². The molecular weight excluding hydrogens is 343 g/mol. The zero-order valence-electron chi connectivity index (χ0n) is 13.2. The van der Waals surface area contributed by atoms with E-state index >= 15 is 0 Å². The minimum absolute atomic E-state index is 0.160. The normalized spacial score (nSPS) is 20.5. The molecule has 0 amide bonds. The number of hydrogen-bond donors (Lipinski definition) is 0. The summed E-state index contributed by atoms with van der Waals surface area (Å²) in [4.78, 5) is 2.43. The van der Waals surface area contributed by atoms with Gasteiger partial charge in [0.2, 0.25) is 0 Å². The van der Waals surface area contributed by atoms with Gasteiger partial charge in [0, 0.05) is 24.8 Å². The van der Waals surface area contributed by atoms with Crippen molar-refractivity contribution in [2.75, 3.05) is 18.8 Å². The smallest absolute Gasteiger partial charge is 0.141 e. The van der Waals surface area contributed by atoms with Crippen molar-refractivity contribution in [1.82, 2.24) is 4.90 Å². The highest BCUT2D eigenvalue weighted by Gasteiger charge is 2.29. The fourth-order valence-corrected chi connectivity index (χ4v) is 4.41. The summed E-state index contributed by atoms with van der Waals surface area (Å²) in [6, 6.07) is 13.4. The van der Waals surface area contributed by atoms with E-state index < -0.39 is 0 Å². The van der Waals surface area contributed by atoms with Crippen LogP contribution in [0.4, 0.5) is 4.39 Å². The number of rotatable bonds is 2. The third kappa shape index (κ3) is 3.05. The van der Waals surface area contributed by atoms with E-state index in [1.807, 2.05) is 0 Å². The third-order valence-electron chi connectivity index (χ3n) is 4.73. The molecule has 0 aromatic heterocycles. The fraction of sp³-hybridized carbons (Fsp3) is 0.316. The summed E-state index contributed by atoms with van der Waals surface area (Å²) in [7, 11) is 0. The number of nitrogens with zero attached hydrogens (tertiary/aromatic N) is 2. The van der Waals surface area contributed by atoms with E-state index in [0.717, 1.165) is 36.4 Å². The first-order valence-electron chi connectivity index (χ1n) is 8.22. The Morgan fingerprint density at radius 2 is 1.88 bits per heavy atom. The summed E-state index contributed by atoms with van der Waals surface area (Å²) < 4.78 is 18.0. The molecule has 24 heavy (non-hydrogen) atoms. The molecule has 1 atom stereocenters. The molecule has 0 N–H and O–H groups in total. The van der Waals surface area contributed by atoms with Crippen LogP contribution in [0.1, 0.15) is 24.3 Å². The Balaban J connectivity index is 1.61. The fourth-order valence-electron chi connectivity index (χ4n) is 3.46. The lowest BCUT2D eigenvalue weighted by Gasteiger charge is -2.37. The van der Waals surface area contributed by atoms with Crippen molar-refractivity contribution in [2.45, 2.75) is 18.8 Å². The van der Waals surface area contributed by atoms with Crippen molar-refractivity contribution in [1.29, 1.82) is 0 Å². The largest absolute Gasteiger partial charge is 0.358 e. The van der Waals surface area contributed by atoms with Crippen molar-refractivity contribution < 1.29 is 4.39 Å². The highest BCUT2D eigenvalue weighted by Crippen LogP contribution is 2.34. The number of fused-ring (bicyclic) bond motifs is 1. The van der Waals surface area contributed by atoms with E-state index in [2.05, 4.69) is 29.2 Å². The molecule has 0 spiro atoms. The van der Waals surface area contributed by atoms with Crippen LogP contribution >= 0.6 is 23.5 Å². The Bertz CT molecular complexity index is 775. The van der Waals surface area contributed by atoms with Crippen molar-refractivity contribution in [2.24, 2.45) is 4.40 Å². The van der Waals surface area contributed by atoms with E-state index in [-0.39, 0.29) is 10.8 Å². The van der Waals surface area contributed by atoms with Gasteiger partial charge >= 0.3 is 0 Å². The Labute approximate surface area is 150 Å². The zero-order chi connectivity index (χ0) is 16.5. The number of halogens is 2. The SMILES string of the molecule is Fc1ccc(-c2ccc([C@@H]3CCCN4CCSN=C34)cc2)cc1Cl. The van der Waals surface area contributed by atoms with Crippen LogP contribution in [-0.2, 0) is 0 Å². The zero-order valence-corrected chi connectivity index (χ0v) is 14.8. The Hall–Kier alpha value is -1.52. The van der Waals surface area contributed by atoms with Gasteiger partial charge in [-0.05, 0) is 53.6 Å². The molecule has 2 heterocycles. The highest BCUT2D eigenvalue weighted by atomic mass is 35.5. The molecule has 5 heteroatoms. The lowest BCUT2D eigenvalue weighted by molar-refractivity contribution is 0.371. The van der Waals surface area contributed by atoms with Crippen molar-refractivity contribution in [3.8, 4) is 11.1 Å². The Morgan fingerprint density at radius 3 is 2.67 bits per heavy atom. The van der Waals surface area contributed by atoms with E-state index in [1.165, 1.54) is 23.9 Å². The van der Waals surface area contributed by atoms with Crippen LogP contribution < -0.4 is 0 Å². The first kappa shape index (κ1) is 16.0. The molecular formula is C19H18ClFN2S. The molecule has 2 aromatic rings. The van der Waals surface area contributed by atoms with Crippen LogP contribution in [0.25, 0.3) is 11.1 Å². The topological polar surface area (TPSA) is 15.6 Å². The lowest BCUT2D eigenvalue weighted by Crippen LogP contribution is -2.42. The first-order valence-corrected chi connectivity index (χ1v) is 9.54. The van der Waals surface area contributed by atoms with Gasteiger partial charge < -0.3 is 4.90 Å². The van der Waals surface area contributed by atoms with E-state index in [1.54, 1.807) is 24.1 Å². The van der Waals surface area contributed by atoms with E-state index in [0.29, 0.717) is 5.92 Å². The van der Waals surface area contributed by atoms with Crippen LogP contribution in [0.5, 0.6) is 0 Å². The quantitative estimate of drug-likeness (QED) is 0.667. The second-order valence-corrected chi connectivity index (χ2v) is 7.47. The molecule has 2 aliphatic heterocycles. The Kier molecular flexibility index (Phi) is 4.51. The molecule has 2 aromatic carbocycles. The van der Waals surface area contributed by atoms with Gasteiger partial charge in [0.05, 0.1) is 5.02 Å². The molecule has 4 rings (SSSR count). The lowest BCUT2D eigenvalue weighted by atomic mass is 9.88. The van der Waals surface area contributed by atoms with Crippen molar-refractivity contribution in [3.05, 3.63) is 58.9 Å². The Morgan fingerprint density at radius 1 is 1.08 bits per heavy atom. The summed E-state index contributed by atoms with van der Waals surface area (Å²) in [5.41, 5.74) is 3.29. The molecule has 0 unspecified atom stereocenters. The monoisotopic (exact) mass is 360 g/mol. The predicted octanol–water partition coefficient (Wildman–Crippen LogP) is 5.39. The first-order chi connectivity index (χ1) is 11.7. The number of piperidine rings is 1. The van der Waals surface area contributed by atoms with Gasteiger partial charge in [0.25, 0.3) is 0 Å².